The van der Waals surface area contributed by atoms with Crippen molar-refractivity contribution in [2.75, 3.05) is 5.32 Å². The standard InChI is InChI=1S/C18H21N7O3/c1-12-6-4-5-7-15(12)10-23-11-19-18(22-23)20-17(26)13(2)9-24-14(3)8-16(21-24)25(27)28/h4-8,11,13H,9-10H2,1-3H3,(H,20,22,26). The monoisotopic (exact) mass is 383 g/mol. The zero-order valence-corrected chi connectivity index (χ0v) is 15.9. The lowest BCUT2D eigenvalue weighted by molar-refractivity contribution is -0.389. The number of hydrogen-bond acceptors (Lipinski definition) is 6. The van der Waals surface area contributed by atoms with Crippen molar-refractivity contribution in [3.05, 3.63) is 63.6 Å². The largest absolute Gasteiger partial charge is 0.390 e. The van der Waals surface area contributed by atoms with Crippen LogP contribution in [0, 0.1) is 29.9 Å². The Hall–Kier alpha value is -3.56. The van der Waals surface area contributed by atoms with Crippen molar-refractivity contribution in [2.45, 2.75) is 33.9 Å². The van der Waals surface area contributed by atoms with E-state index in [1.807, 2.05) is 31.2 Å². The third kappa shape index (κ3) is 4.40. The first kappa shape index (κ1) is 19.2. The van der Waals surface area contributed by atoms with Gasteiger partial charge in [-0.3, -0.25) is 10.1 Å². The number of nitro groups is 1. The van der Waals surface area contributed by atoms with Crippen molar-refractivity contribution in [3.8, 4) is 0 Å². The van der Waals surface area contributed by atoms with Crippen LogP contribution in [0.2, 0.25) is 0 Å². The summed E-state index contributed by atoms with van der Waals surface area (Å²) in [5.41, 5.74) is 2.89. The van der Waals surface area contributed by atoms with Crippen LogP contribution >= 0.6 is 0 Å². The number of aromatic nitrogens is 5. The summed E-state index contributed by atoms with van der Waals surface area (Å²) in [6.07, 6.45) is 1.56. The highest BCUT2D eigenvalue weighted by Gasteiger charge is 2.21. The summed E-state index contributed by atoms with van der Waals surface area (Å²) in [5.74, 6) is -0.775. The quantitative estimate of drug-likeness (QED) is 0.494. The van der Waals surface area contributed by atoms with E-state index in [1.165, 1.54) is 10.7 Å². The van der Waals surface area contributed by atoms with Gasteiger partial charge in [0.2, 0.25) is 11.9 Å². The summed E-state index contributed by atoms with van der Waals surface area (Å²) in [7, 11) is 0. The molecule has 0 aliphatic rings. The summed E-state index contributed by atoms with van der Waals surface area (Å²) in [6, 6.07) is 9.36. The van der Waals surface area contributed by atoms with E-state index in [9.17, 15) is 14.9 Å². The molecule has 0 spiro atoms. The number of nitrogens with zero attached hydrogens (tertiary/aromatic N) is 6. The second-order valence-corrected chi connectivity index (χ2v) is 6.67. The van der Waals surface area contributed by atoms with Gasteiger partial charge in [-0.1, -0.05) is 31.2 Å². The van der Waals surface area contributed by atoms with Crippen LogP contribution in [0.3, 0.4) is 0 Å². The fourth-order valence-corrected chi connectivity index (χ4v) is 2.73. The fourth-order valence-electron chi connectivity index (χ4n) is 2.73. The van der Waals surface area contributed by atoms with Gasteiger partial charge in [0.1, 0.15) is 6.33 Å². The predicted octanol–water partition coefficient (Wildman–Crippen LogP) is 2.32. The van der Waals surface area contributed by atoms with Gasteiger partial charge in [-0.15, -0.1) is 5.10 Å². The molecule has 0 bridgehead atoms. The first-order valence-corrected chi connectivity index (χ1v) is 8.77. The minimum atomic E-state index is -0.556. The van der Waals surface area contributed by atoms with E-state index in [0.717, 1.165) is 11.1 Å². The van der Waals surface area contributed by atoms with Crippen LogP contribution in [0.4, 0.5) is 11.8 Å². The van der Waals surface area contributed by atoms with E-state index in [-0.39, 0.29) is 24.2 Å². The lowest BCUT2D eigenvalue weighted by atomic mass is 10.1. The summed E-state index contributed by atoms with van der Waals surface area (Å²) in [5, 5.41) is 21.7. The number of carbonyl (C=O) groups is 1. The van der Waals surface area contributed by atoms with Gasteiger partial charge in [0.15, 0.2) is 0 Å². The Morgan fingerprint density at radius 1 is 1.29 bits per heavy atom. The highest BCUT2D eigenvalue weighted by Crippen LogP contribution is 2.14. The summed E-state index contributed by atoms with van der Waals surface area (Å²) in [4.78, 5) is 26.8. The number of aryl methyl sites for hydroxylation is 2. The molecule has 146 valence electrons. The van der Waals surface area contributed by atoms with Gasteiger partial charge < -0.3 is 10.1 Å². The molecule has 1 atom stereocenters. The molecule has 1 unspecified atom stereocenters. The van der Waals surface area contributed by atoms with Crippen LogP contribution in [0.25, 0.3) is 0 Å². The van der Waals surface area contributed by atoms with E-state index in [4.69, 9.17) is 0 Å². The Bertz CT molecular complexity index is 1010. The number of hydrogen-bond donors (Lipinski definition) is 1. The van der Waals surface area contributed by atoms with Gasteiger partial charge in [0.05, 0.1) is 35.9 Å². The van der Waals surface area contributed by atoms with Crippen LogP contribution in [-0.4, -0.2) is 35.4 Å². The highest BCUT2D eigenvalue weighted by atomic mass is 16.6. The molecular formula is C18H21N7O3. The third-order valence-corrected chi connectivity index (χ3v) is 4.41. The Balaban J connectivity index is 1.61. The molecule has 0 saturated heterocycles. The number of amides is 1. The zero-order valence-electron chi connectivity index (χ0n) is 15.9. The molecule has 10 heteroatoms. The lowest BCUT2D eigenvalue weighted by Crippen LogP contribution is -2.25. The summed E-state index contributed by atoms with van der Waals surface area (Å²) in [6.45, 7) is 6.22. The molecule has 0 aliphatic carbocycles. The van der Waals surface area contributed by atoms with Crippen molar-refractivity contribution >= 4 is 17.7 Å². The molecule has 1 N–H and O–H groups in total. The Kier molecular flexibility index (Phi) is 5.48. The molecule has 1 amide bonds. The molecule has 3 aromatic rings. The van der Waals surface area contributed by atoms with E-state index in [1.54, 1.807) is 24.9 Å². The van der Waals surface area contributed by atoms with E-state index >= 15 is 0 Å². The molecule has 10 nitrogen and oxygen atoms in total. The highest BCUT2D eigenvalue weighted by molar-refractivity contribution is 5.90. The van der Waals surface area contributed by atoms with Crippen molar-refractivity contribution in [3.63, 3.8) is 0 Å². The van der Waals surface area contributed by atoms with Gasteiger partial charge in [-0.2, -0.15) is 4.68 Å². The molecule has 0 fully saturated rings. The molecule has 3 rings (SSSR count). The van der Waals surface area contributed by atoms with Gasteiger partial charge in [-0.05, 0) is 29.9 Å². The molecule has 2 aromatic heterocycles. The van der Waals surface area contributed by atoms with Gasteiger partial charge in [-0.25, -0.2) is 9.67 Å². The first-order chi connectivity index (χ1) is 13.3. The zero-order chi connectivity index (χ0) is 20.3. The Labute approximate surface area is 161 Å². The second-order valence-electron chi connectivity index (χ2n) is 6.67. The van der Waals surface area contributed by atoms with Crippen LogP contribution < -0.4 is 5.32 Å². The molecule has 0 aliphatic heterocycles. The number of rotatable bonds is 7. The number of benzene rings is 1. The molecule has 28 heavy (non-hydrogen) atoms. The second kappa shape index (κ2) is 7.99. The average Bonchev–Trinajstić information content (AvgIpc) is 3.24. The van der Waals surface area contributed by atoms with E-state index < -0.39 is 10.8 Å². The Morgan fingerprint density at radius 2 is 2.04 bits per heavy atom. The third-order valence-electron chi connectivity index (χ3n) is 4.41. The smallest absolute Gasteiger partial charge is 0.358 e. The number of anilines is 1. The van der Waals surface area contributed by atoms with Crippen LogP contribution in [0.5, 0.6) is 0 Å². The molecule has 1 aromatic carbocycles. The van der Waals surface area contributed by atoms with Gasteiger partial charge >= 0.3 is 5.82 Å². The number of nitrogens with one attached hydrogen (secondary N) is 1. The van der Waals surface area contributed by atoms with Crippen molar-refractivity contribution in [1.29, 1.82) is 0 Å². The van der Waals surface area contributed by atoms with Crippen molar-refractivity contribution in [2.24, 2.45) is 5.92 Å². The Morgan fingerprint density at radius 3 is 2.71 bits per heavy atom. The van der Waals surface area contributed by atoms with Crippen LogP contribution in [0.15, 0.2) is 36.7 Å². The molecule has 0 radical (unpaired) electrons. The van der Waals surface area contributed by atoms with E-state index in [0.29, 0.717) is 12.2 Å². The normalized spacial score (nSPS) is 12.0. The average molecular weight is 383 g/mol. The van der Waals surface area contributed by atoms with Crippen LogP contribution in [0.1, 0.15) is 23.7 Å². The number of carbonyl (C=O) groups excluding carboxylic acids is 1. The minimum Gasteiger partial charge on any atom is -0.358 e. The minimum absolute atomic E-state index is 0.216. The molecule has 0 saturated carbocycles. The van der Waals surface area contributed by atoms with Gasteiger partial charge in [0.25, 0.3) is 0 Å². The predicted molar refractivity (Wildman–Crippen MR) is 102 cm³/mol. The first-order valence-electron chi connectivity index (χ1n) is 8.77. The van der Waals surface area contributed by atoms with Crippen LogP contribution in [-0.2, 0) is 17.9 Å². The maximum atomic E-state index is 12.4. The van der Waals surface area contributed by atoms with Gasteiger partial charge in [0, 0.05) is 0 Å². The van der Waals surface area contributed by atoms with Crippen molar-refractivity contribution < 1.29 is 9.72 Å². The molecule has 2 heterocycles. The van der Waals surface area contributed by atoms with Crippen molar-refractivity contribution in [1.82, 2.24) is 24.5 Å². The maximum absolute atomic E-state index is 12.4. The summed E-state index contributed by atoms with van der Waals surface area (Å²) >= 11 is 0. The summed E-state index contributed by atoms with van der Waals surface area (Å²) < 4.78 is 3.11. The lowest BCUT2D eigenvalue weighted by Gasteiger charge is -2.09. The SMILES string of the molecule is Cc1ccccc1Cn1cnc(NC(=O)C(C)Cn2nc([N+](=O)[O-])cc2C)n1. The molecular weight excluding hydrogens is 362 g/mol. The fraction of sp³-hybridized carbons (Fsp3) is 0.333. The topological polar surface area (TPSA) is 121 Å². The van der Waals surface area contributed by atoms with E-state index in [2.05, 4.69) is 20.5 Å². The maximum Gasteiger partial charge on any atom is 0.390 e.